The minimum atomic E-state index is -3.94. The second-order valence-electron chi connectivity index (χ2n) is 4.38. The van der Waals surface area contributed by atoms with Crippen molar-refractivity contribution < 1.29 is 17.6 Å². The normalized spacial score (nSPS) is 12.8. The van der Waals surface area contributed by atoms with Crippen LogP contribution in [0.5, 0.6) is 0 Å². The van der Waals surface area contributed by atoms with Crippen molar-refractivity contribution in [1.82, 2.24) is 10.3 Å². The van der Waals surface area contributed by atoms with Crippen molar-refractivity contribution >= 4 is 21.4 Å². The first-order valence-corrected chi connectivity index (χ1v) is 7.72. The lowest BCUT2D eigenvalue weighted by molar-refractivity contribution is -0.120. The summed E-state index contributed by atoms with van der Waals surface area (Å²) in [5.41, 5.74) is 5.62. The highest BCUT2D eigenvalue weighted by Gasteiger charge is 2.32. The molecule has 0 aliphatic carbocycles. The zero-order valence-corrected chi connectivity index (χ0v) is 12.1. The first kappa shape index (κ1) is 15.0. The number of anilines is 1. The van der Waals surface area contributed by atoms with Gasteiger partial charge in [0.2, 0.25) is 15.7 Å². The first-order valence-electron chi connectivity index (χ1n) is 6.17. The number of rotatable bonds is 5. The predicted molar refractivity (Wildman–Crippen MR) is 75.9 cm³/mol. The number of aromatic nitrogens is 1. The number of carbonyl (C=O) groups excluding carboxylic acids is 1. The highest BCUT2D eigenvalue weighted by atomic mass is 32.2. The van der Waals surface area contributed by atoms with Crippen LogP contribution in [0.4, 0.5) is 5.69 Å². The van der Waals surface area contributed by atoms with Gasteiger partial charge in [-0.15, -0.1) is 0 Å². The fourth-order valence-electron chi connectivity index (χ4n) is 1.68. The molecule has 0 saturated carbocycles. The average molecular weight is 309 g/mol. The van der Waals surface area contributed by atoms with Crippen molar-refractivity contribution in [3.8, 4) is 0 Å². The third-order valence-corrected chi connectivity index (χ3v) is 4.95. The molecule has 0 aliphatic heterocycles. The number of carbonyl (C=O) groups is 1. The minimum absolute atomic E-state index is 0.0168. The third kappa shape index (κ3) is 3.22. The maximum Gasteiger partial charge on any atom is 0.238 e. The van der Waals surface area contributed by atoms with Crippen LogP contribution in [0.1, 0.15) is 12.7 Å². The van der Waals surface area contributed by atoms with E-state index < -0.39 is 21.0 Å². The number of nitrogens with two attached hydrogens (primary N) is 1. The van der Waals surface area contributed by atoms with Gasteiger partial charge in [0.15, 0.2) is 5.03 Å². The predicted octanol–water partition coefficient (Wildman–Crippen LogP) is 0.735. The van der Waals surface area contributed by atoms with Gasteiger partial charge >= 0.3 is 0 Å². The molecular weight excluding hydrogens is 294 g/mol. The molecule has 0 spiro atoms. The van der Waals surface area contributed by atoms with E-state index in [0.717, 1.165) is 0 Å². The highest BCUT2D eigenvalue weighted by molar-refractivity contribution is 7.92. The molecule has 0 fully saturated rings. The van der Waals surface area contributed by atoms with Crippen molar-refractivity contribution in [2.75, 3.05) is 5.73 Å². The van der Waals surface area contributed by atoms with Crippen molar-refractivity contribution in [3.05, 3.63) is 42.5 Å². The largest absolute Gasteiger partial charge is 0.467 e. The Morgan fingerprint density at radius 3 is 2.81 bits per heavy atom. The summed E-state index contributed by atoms with van der Waals surface area (Å²) in [5.74, 6) is -0.109. The number of sulfone groups is 1. The van der Waals surface area contributed by atoms with Crippen LogP contribution in [0.15, 0.2) is 46.2 Å². The topological polar surface area (TPSA) is 115 Å². The molecule has 2 rings (SSSR count). The zero-order valence-electron chi connectivity index (χ0n) is 11.3. The third-order valence-electron chi connectivity index (χ3n) is 2.92. The van der Waals surface area contributed by atoms with Crippen LogP contribution in [0.2, 0.25) is 0 Å². The molecular formula is C13H15N3O4S. The molecule has 7 nitrogen and oxygen atoms in total. The maximum atomic E-state index is 12.3. The standard InChI is InChI=1S/C13H15N3O4S/c1-9(12(17)16-8-10-4-3-7-20-10)21(18,19)13-11(14)5-2-6-15-13/h2-7,9H,8,14H2,1H3,(H,16,17). The van der Waals surface area contributed by atoms with Crippen molar-refractivity contribution in [1.29, 1.82) is 0 Å². The Morgan fingerprint density at radius 1 is 1.43 bits per heavy atom. The molecule has 1 unspecified atom stereocenters. The van der Waals surface area contributed by atoms with Crippen molar-refractivity contribution in [2.45, 2.75) is 23.7 Å². The van der Waals surface area contributed by atoms with E-state index in [1.54, 1.807) is 12.1 Å². The van der Waals surface area contributed by atoms with E-state index in [0.29, 0.717) is 5.76 Å². The van der Waals surface area contributed by atoms with Gasteiger partial charge in [-0.3, -0.25) is 4.79 Å². The van der Waals surface area contributed by atoms with Gasteiger partial charge in [-0.25, -0.2) is 13.4 Å². The fourth-order valence-corrected chi connectivity index (χ4v) is 2.98. The second-order valence-corrected chi connectivity index (χ2v) is 6.57. The van der Waals surface area contributed by atoms with Gasteiger partial charge in [0, 0.05) is 6.20 Å². The van der Waals surface area contributed by atoms with Crippen molar-refractivity contribution in [3.63, 3.8) is 0 Å². The Kier molecular flexibility index (Phi) is 4.27. The molecule has 112 valence electrons. The van der Waals surface area contributed by atoms with E-state index in [-0.39, 0.29) is 17.3 Å². The molecule has 8 heteroatoms. The number of nitrogen functional groups attached to an aromatic ring is 1. The number of amides is 1. The summed E-state index contributed by atoms with van der Waals surface area (Å²) >= 11 is 0. The maximum absolute atomic E-state index is 12.3. The molecule has 2 aromatic heterocycles. The van der Waals surface area contributed by atoms with E-state index >= 15 is 0 Å². The number of nitrogens with one attached hydrogen (secondary N) is 1. The summed E-state index contributed by atoms with van der Waals surface area (Å²) in [6, 6.07) is 6.30. The number of pyridine rings is 1. The summed E-state index contributed by atoms with van der Waals surface area (Å²) in [6.07, 6.45) is 2.78. The van der Waals surface area contributed by atoms with Crippen molar-refractivity contribution in [2.24, 2.45) is 0 Å². The van der Waals surface area contributed by atoms with Crippen LogP contribution in [-0.2, 0) is 21.2 Å². The second kappa shape index (κ2) is 5.96. The molecule has 0 aliphatic rings. The van der Waals surface area contributed by atoms with Gasteiger partial charge in [0.05, 0.1) is 18.5 Å². The Balaban J connectivity index is 2.13. The smallest absolute Gasteiger partial charge is 0.238 e. The minimum Gasteiger partial charge on any atom is -0.467 e. The Labute approximate surface area is 122 Å². The number of hydrogen-bond donors (Lipinski definition) is 2. The van der Waals surface area contributed by atoms with Gasteiger partial charge in [0.1, 0.15) is 11.0 Å². The van der Waals surface area contributed by atoms with Crippen LogP contribution in [0.3, 0.4) is 0 Å². The number of nitrogens with zero attached hydrogens (tertiary/aromatic N) is 1. The lowest BCUT2D eigenvalue weighted by Gasteiger charge is -2.13. The highest BCUT2D eigenvalue weighted by Crippen LogP contribution is 2.19. The van der Waals surface area contributed by atoms with Crippen LogP contribution in [-0.4, -0.2) is 24.6 Å². The number of furan rings is 1. The van der Waals surface area contributed by atoms with E-state index in [2.05, 4.69) is 10.3 Å². The first-order chi connectivity index (χ1) is 9.93. The van der Waals surface area contributed by atoms with Gasteiger partial charge in [-0.05, 0) is 31.2 Å². The molecule has 3 N–H and O–H groups in total. The summed E-state index contributed by atoms with van der Waals surface area (Å²) in [5, 5.41) is 0.912. The molecule has 1 atom stereocenters. The van der Waals surface area contributed by atoms with Gasteiger partial charge < -0.3 is 15.5 Å². The van der Waals surface area contributed by atoms with Gasteiger partial charge in [0.25, 0.3) is 0 Å². The van der Waals surface area contributed by atoms with Gasteiger partial charge in [-0.2, -0.15) is 0 Å². The Hall–Kier alpha value is -2.35. The quantitative estimate of drug-likeness (QED) is 0.841. The van der Waals surface area contributed by atoms with E-state index in [9.17, 15) is 13.2 Å². The SMILES string of the molecule is CC(C(=O)NCc1ccco1)S(=O)(=O)c1ncccc1N. The summed E-state index contributed by atoms with van der Waals surface area (Å²) in [7, 11) is -3.94. The van der Waals surface area contributed by atoms with E-state index in [4.69, 9.17) is 10.2 Å². The molecule has 0 saturated heterocycles. The molecule has 2 heterocycles. The van der Waals surface area contributed by atoms with Gasteiger partial charge in [-0.1, -0.05) is 0 Å². The lowest BCUT2D eigenvalue weighted by atomic mass is 10.4. The fraction of sp³-hybridized carbons (Fsp3) is 0.231. The molecule has 0 bridgehead atoms. The molecule has 0 radical (unpaired) electrons. The summed E-state index contributed by atoms with van der Waals surface area (Å²) < 4.78 is 29.7. The monoisotopic (exact) mass is 309 g/mol. The molecule has 2 aromatic rings. The number of hydrogen-bond acceptors (Lipinski definition) is 6. The lowest BCUT2D eigenvalue weighted by Crippen LogP contribution is -2.38. The Morgan fingerprint density at radius 2 is 2.19 bits per heavy atom. The van der Waals surface area contributed by atoms with Crippen LogP contribution < -0.4 is 11.1 Å². The van der Waals surface area contributed by atoms with Crippen LogP contribution in [0.25, 0.3) is 0 Å². The van der Waals surface area contributed by atoms with Crippen LogP contribution >= 0.6 is 0 Å². The molecule has 0 aromatic carbocycles. The zero-order chi connectivity index (χ0) is 15.5. The van der Waals surface area contributed by atoms with E-state index in [1.165, 1.54) is 31.5 Å². The average Bonchev–Trinajstić information content (AvgIpc) is 2.97. The summed E-state index contributed by atoms with van der Waals surface area (Å²) in [4.78, 5) is 15.7. The Bertz CT molecular complexity index is 726. The molecule has 21 heavy (non-hydrogen) atoms. The van der Waals surface area contributed by atoms with Crippen LogP contribution in [0, 0.1) is 0 Å². The molecule has 1 amide bonds. The summed E-state index contributed by atoms with van der Waals surface area (Å²) in [6.45, 7) is 1.41. The van der Waals surface area contributed by atoms with E-state index in [1.807, 2.05) is 0 Å².